The van der Waals surface area contributed by atoms with E-state index in [-0.39, 0.29) is 6.61 Å². The molecule has 0 aromatic heterocycles. The minimum absolute atomic E-state index is 0.222. The first-order valence-corrected chi connectivity index (χ1v) is 3.63. The highest BCUT2D eigenvalue weighted by Gasteiger charge is 2.12. The van der Waals surface area contributed by atoms with Gasteiger partial charge in [0.1, 0.15) is 6.54 Å². The van der Waals surface area contributed by atoms with Gasteiger partial charge in [0.25, 0.3) is 0 Å². The normalized spacial score (nSPS) is 12.0. The van der Waals surface area contributed by atoms with Crippen molar-refractivity contribution in [3.8, 4) is 0 Å². The first-order chi connectivity index (χ1) is 4.62. The van der Waals surface area contributed by atoms with Gasteiger partial charge < -0.3 is 14.3 Å². The molecule has 0 aliphatic rings. The Morgan fingerprint density at radius 3 is 2.40 bits per heavy atom. The number of likely N-dealkylation sites (N-methyl/N-ethyl adjacent to an activating group) is 1. The maximum atomic E-state index is 8.63. The second kappa shape index (κ2) is 4.66. The Kier molecular flexibility index (Phi) is 4.60. The van der Waals surface area contributed by atoms with Crippen molar-refractivity contribution in [3.63, 3.8) is 0 Å². The van der Waals surface area contributed by atoms with E-state index in [0.29, 0.717) is 6.73 Å². The summed E-state index contributed by atoms with van der Waals surface area (Å²) in [6.45, 7) is 4.36. The summed E-state index contributed by atoms with van der Waals surface area (Å²) in [5.74, 6) is 0. The van der Waals surface area contributed by atoms with Crippen LogP contribution >= 0.6 is 0 Å². The van der Waals surface area contributed by atoms with Crippen LogP contribution in [0.2, 0.25) is 0 Å². The maximum absolute atomic E-state index is 8.63. The highest BCUT2D eigenvalue weighted by Crippen LogP contribution is 1.95. The fourth-order valence-corrected chi connectivity index (χ4v) is 0.674. The van der Waals surface area contributed by atoms with Crippen LogP contribution in [-0.2, 0) is 4.74 Å². The van der Waals surface area contributed by atoms with Crippen molar-refractivity contribution in [2.45, 2.75) is 6.92 Å². The number of quaternary nitrogens is 1. The second-order valence-electron chi connectivity index (χ2n) is 3.00. The van der Waals surface area contributed by atoms with Gasteiger partial charge in [0.15, 0.2) is 6.73 Å². The summed E-state index contributed by atoms with van der Waals surface area (Å²) in [4.78, 5) is 0. The van der Waals surface area contributed by atoms with E-state index in [0.717, 1.165) is 17.6 Å². The van der Waals surface area contributed by atoms with Crippen molar-refractivity contribution in [2.24, 2.45) is 0 Å². The van der Waals surface area contributed by atoms with E-state index >= 15 is 0 Å². The van der Waals surface area contributed by atoms with Crippen LogP contribution in [0.3, 0.4) is 0 Å². The third-order valence-electron chi connectivity index (χ3n) is 1.35. The molecule has 10 heavy (non-hydrogen) atoms. The van der Waals surface area contributed by atoms with Gasteiger partial charge in [-0.15, -0.1) is 0 Å². The topological polar surface area (TPSA) is 29.5 Å². The van der Waals surface area contributed by atoms with Crippen LogP contribution in [0.1, 0.15) is 6.92 Å². The van der Waals surface area contributed by atoms with E-state index < -0.39 is 0 Å². The quantitative estimate of drug-likeness (QED) is 0.441. The predicted octanol–water partition coefficient (Wildman–Crippen LogP) is 0.0491. The van der Waals surface area contributed by atoms with E-state index in [1.807, 2.05) is 21.0 Å². The molecule has 0 aromatic carbocycles. The van der Waals surface area contributed by atoms with Crippen molar-refractivity contribution in [2.75, 3.05) is 40.6 Å². The predicted molar refractivity (Wildman–Crippen MR) is 40.6 cm³/mol. The highest BCUT2D eigenvalue weighted by atomic mass is 16.5. The zero-order chi connectivity index (χ0) is 8.04. The summed E-state index contributed by atoms with van der Waals surface area (Å²) in [7, 11) is 4.07. The van der Waals surface area contributed by atoms with E-state index in [9.17, 15) is 0 Å². The zero-order valence-corrected chi connectivity index (χ0v) is 7.13. The van der Waals surface area contributed by atoms with Crippen molar-refractivity contribution >= 4 is 0 Å². The molecule has 3 nitrogen and oxygen atoms in total. The molecular formula is C7H18NO2+. The molecule has 0 heterocycles. The highest BCUT2D eigenvalue weighted by molar-refractivity contribution is 4.23. The maximum Gasteiger partial charge on any atom is 0.182 e. The molecular weight excluding hydrogens is 130 g/mol. The first kappa shape index (κ1) is 9.88. The van der Waals surface area contributed by atoms with Gasteiger partial charge in [-0.25, -0.2) is 0 Å². The molecule has 0 bridgehead atoms. The number of aliphatic hydroxyl groups excluding tert-OH is 1. The van der Waals surface area contributed by atoms with Crippen molar-refractivity contribution in [3.05, 3.63) is 0 Å². The van der Waals surface area contributed by atoms with Gasteiger partial charge in [0.05, 0.1) is 20.7 Å². The van der Waals surface area contributed by atoms with Crippen LogP contribution in [-0.4, -0.2) is 50.2 Å². The standard InChI is InChI=1S/C7H18NO2/c1-4-10-7-8(2,3)5-6-9/h9H,4-7H2,1-3H3/q+1. The molecule has 3 heteroatoms. The van der Waals surface area contributed by atoms with Crippen molar-refractivity contribution in [1.29, 1.82) is 0 Å². The molecule has 0 fully saturated rings. The average Bonchev–Trinajstić information content (AvgIpc) is 1.84. The Hall–Kier alpha value is -0.120. The second-order valence-corrected chi connectivity index (χ2v) is 3.00. The minimum Gasteiger partial charge on any atom is -0.391 e. The lowest BCUT2D eigenvalue weighted by atomic mass is 10.5. The van der Waals surface area contributed by atoms with Gasteiger partial charge in [-0.05, 0) is 6.92 Å². The summed E-state index contributed by atoms with van der Waals surface area (Å²) in [5, 5.41) is 8.63. The number of aliphatic hydroxyl groups is 1. The zero-order valence-electron chi connectivity index (χ0n) is 7.13. The first-order valence-electron chi connectivity index (χ1n) is 3.63. The summed E-state index contributed by atoms with van der Waals surface area (Å²) >= 11 is 0. The molecule has 0 aliphatic carbocycles. The monoisotopic (exact) mass is 148 g/mol. The molecule has 0 atom stereocenters. The van der Waals surface area contributed by atoms with Crippen LogP contribution in [0, 0.1) is 0 Å². The number of hydrogen-bond acceptors (Lipinski definition) is 2. The van der Waals surface area contributed by atoms with Crippen LogP contribution in [0.25, 0.3) is 0 Å². The lowest BCUT2D eigenvalue weighted by Gasteiger charge is -2.27. The number of hydrogen-bond donors (Lipinski definition) is 1. The molecule has 0 saturated carbocycles. The van der Waals surface area contributed by atoms with E-state index in [1.165, 1.54) is 0 Å². The summed E-state index contributed by atoms with van der Waals surface area (Å²) < 4.78 is 5.94. The van der Waals surface area contributed by atoms with Crippen LogP contribution < -0.4 is 0 Å². The molecule has 0 rings (SSSR count). The van der Waals surface area contributed by atoms with E-state index in [4.69, 9.17) is 9.84 Å². The van der Waals surface area contributed by atoms with Crippen LogP contribution in [0.4, 0.5) is 0 Å². The average molecular weight is 148 g/mol. The summed E-state index contributed by atoms with van der Waals surface area (Å²) in [6, 6.07) is 0. The Bertz CT molecular complexity index is 83.7. The van der Waals surface area contributed by atoms with Crippen LogP contribution in [0.5, 0.6) is 0 Å². The largest absolute Gasteiger partial charge is 0.391 e. The van der Waals surface area contributed by atoms with E-state index in [1.54, 1.807) is 0 Å². The molecule has 0 aromatic rings. The number of rotatable bonds is 5. The van der Waals surface area contributed by atoms with Crippen LogP contribution in [0.15, 0.2) is 0 Å². The third-order valence-corrected chi connectivity index (χ3v) is 1.35. The smallest absolute Gasteiger partial charge is 0.182 e. The molecule has 0 aliphatic heterocycles. The Balaban J connectivity index is 3.42. The molecule has 0 radical (unpaired) electrons. The fourth-order valence-electron chi connectivity index (χ4n) is 0.674. The molecule has 0 amide bonds. The minimum atomic E-state index is 0.222. The Morgan fingerprint density at radius 2 is 2.00 bits per heavy atom. The van der Waals surface area contributed by atoms with Gasteiger partial charge in [-0.1, -0.05) is 0 Å². The SMILES string of the molecule is CCOC[N+](C)(C)CCO. The number of nitrogens with zero attached hydrogens (tertiary/aromatic N) is 1. The lowest BCUT2D eigenvalue weighted by molar-refractivity contribution is -0.909. The lowest BCUT2D eigenvalue weighted by Crippen LogP contribution is -2.43. The molecule has 0 spiro atoms. The molecule has 0 saturated heterocycles. The van der Waals surface area contributed by atoms with Gasteiger partial charge >= 0.3 is 0 Å². The number of ether oxygens (including phenoxy) is 1. The Morgan fingerprint density at radius 1 is 1.40 bits per heavy atom. The van der Waals surface area contributed by atoms with Gasteiger partial charge in [0, 0.05) is 6.61 Å². The van der Waals surface area contributed by atoms with Crippen molar-refractivity contribution in [1.82, 2.24) is 0 Å². The molecule has 62 valence electrons. The summed E-state index contributed by atoms with van der Waals surface area (Å²) in [5.41, 5.74) is 0. The third kappa shape index (κ3) is 4.73. The summed E-state index contributed by atoms with van der Waals surface area (Å²) in [6.07, 6.45) is 0. The van der Waals surface area contributed by atoms with Gasteiger partial charge in [-0.3, -0.25) is 0 Å². The fraction of sp³-hybridized carbons (Fsp3) is 1.00. The van der Waals surface area contributed by atoms with Gasteiger partial charge in [0.2, 0.25) is 0 Å². The van der Waals surface area contributed by atoms with Gasteiger partial charge in [-0.2, -0.15) is 0 Å². The molecule has 0 unspecified atom stereocenters. The van der Waals surface area contributed by atoms with Crippen molar-refractivity contribution < 1.29 is 14.3 Å². The Labute approximate surface area is 62.8 Å². The molecule has 1 N–H and O–H groups in total. The van der Waals surface area contributed by atoms with E-state index in [2.05, 4.69) is 0 Å².